The minimum Gasteiger partial charge on any atom is -0.478 e. The third-order valence-corrected chi connectivity index (χ3v) is 2.18. The van der Waals surface area contributed by atoms with Crippen molar-refractivity contribution < 1.29 is 14.7 Å². The predicted molar refractivity (Wildman–Crippen MR) is 58.0 cm³/mol. The second-order valence-electron chi connectivity index (χ2n) is 3.15. The highest BCUT2D eigenvalue weighted by atomic mass is 16.4. The van der Waals surface area contributed by atoms with Crippen molar-refractivity contribution in [1.82, 2.24) is 0 Å². The van der Waals surface area contributed by atoms with Crippen LogP contribution in [0.2, 0.25) is 0 Å². The Morgan fingerprint density at radius 2 is 2.06 bits per heavy atom. The van der Waals surface area contributed by atoms with Gasteiger partial charge in [-0.3, -0.25) is 4.79 Å². The van der Waals surface area contributed by atoms with E-state index in [2.05, 4.69) is 0 Å². The van der Waals surface area contributed by atoms with E-state index in [-0.39, 0.29) is 0 Å². The SMILES string of the molecule is Cc1c(C=O)ccc(/C=C/C(=O)O)c1C#N. The molecule has 1 N–H and O–H groups in total. The van der Waals surface area contributed by atoms with Gasteiger partial charge in [-0.2, -0.15) is 5.26 Å². The van der Waals surface area contributed by atoms with Crippen molar-refractivity contribution in [3.63, 3.8) is 0 Å². The summed E-state index contributed by atoms with van der Waals surface area (Å²) in [6.07, 6.45) is 2.96. The molecule has 0 bridgehead atoms. The van der Waals surface area contributed by atoms with E-state index < -0.39 is 5.97 Å². The number of aliphatic carboxylic acids is 1. The summed E-state index contributed by atoms with van der Waals surface area (Å²) >= 11 is 0. The van der Waals surface area contributed by atoms with E-state index in [1.807, 2.05) is 6.07 Å². The molecule has 0 amide bonds. The quantitative estimate of drug-likeness (QED) is 0.615. The fourth-order valence-electron chi connectivity index (χ4n) is 1.32. The fraction of sp³-hybridized carbons (Fsp3) is 0.0833. The van der Waals surface area contributed by atoms with Gasteiger partial charge in [0, 0.05) is 11.6 Å². The highest BCUT2D eigenvalue weighted by Crippen LogP contribution is 2.18. The lowest BCUT2D eigenvalue weighted by atomic mass is 9.98. The molecule has 4 nitrogen and oxygen atoms in total. The number of rotatable bonds is 3. The molecule has 0 aromatic heterocycles. The number of aldehydes is 1. The summed E-state index contributed by atoms with van der Waals surface area (Å²) in [4.78, 5) is 21.0. The van der Waals surface area contributed by atoms with Gasteiger partial charge >= 0.3 is 5.97 Å². The molecule has 16 heavy (non-hydrogen) atoms. The van der Waals surface area contributed by atoms with E-state index >= 15 is 0 Å². The number of nitrogens with zero attached hydrogens (tertiary/aromatic N) is 1. The first-order chi connectivity index (χ1) is 7.60. The fourth-order valence-corrected chi connectivity index (χ4v) is 1.32. The van der Waals surface area contributed by atoms with Gasteiger partial charge in [-0.15, -0.1) is 0 Å². The van der Waals surface area contributed by atoms with Crippen molar-refractivity contribution in [2.45, 2.75) is 6.92 Å². The Morgan fingerprint density at radius 1 is 1.44 bits per heavy atom. The Hall–Kier alpha value is -2.41. The average Bonchev–Trinajstić information content (AvgIpc) is 2.26. The Kier molecular flexibility index (Phi) is 3.57. The number of nitriles is 1. The average molecular weight is 215 g/mol. The van der Waals surface area contributed by atoms with Gasteiger partial charge in [0.2, 0.25) is 0 Å². The van der Waals surface area contributed by atoms with Crippen LogP contribution in [0.4, 0.5) is 0 Å². The van der Waals surface area contributed by atoms with Gasteiger partial charge in [-0.25, -0.2) is 4.79 Å². The van der Waals surface area contributed by atoms with Gasteiger partial charge in [0.05, 0.1) is 5.56 Å². The van der Waals surface area contributed by atoms with E-state index in [4.69, 9.17) is 10.4 Å². The molecule has 0 unspecified atom stereocenters. The molecule has 0 radical (unpaired) electrons. The third kappa shape index (κ3) is 2.34. The van der Waals surface area contributed by atoms with Crippen LogP contribution in [0, 0.1) is 18.3 Å². The molecule has 4 heteroatoms. The summed E-state index contributed by atoms with van der Waals surface area (Å²) in [5, 5.41) is 17.4. The molecule has 80 valence electrons. The van der Waals surface area contributed by atoms with Gasteiger partial charge < -0.3 is 5.11 Å². The van der Waals surface area contributed by atoms with Crippen molar-refractivity contribution in [3.05, 3.63) is 40.5 Å². The normalized spacial score (nSPS) is 10.0. The highest BCUT2D eigenvalue weighted by Gasteiger charge is 2.07. The first kappa shape index (κ1) is 11.7. The zero-order valence-corrected chi connectivity index (χ0v) is 8.60. The van der Waals surface area contributed by atoms with Crippen LogP contribution in [0.25, 0.3) is 6.08 Å². The molecule has 0 aliphatic heterocycles. The summed E-state index contributed by atoms with van der Waals surface area (Å²) in [5.41, 5.74) is 1.81. The summed E-state index contributed by atoms with van der Waals surface area (Å²) in [7, 11) is 0. The molecule has 1 aromatic rings. The van der Waals surface area contributed by atoms with Crippen molar-refractivity contribution in [1.29, 1.82) is 5.26 Å². The molecule has 1 rings (SSSR count). The lowest BCUT2D eigenvalue weighted by molar-refractivity contribution is -0.131. The lowest BCUT2D eigenvalue weighted by Gasteiger charge is -2.04. The molecule has 0 aliphatic rings. The second-order valence-corrected chi connectivity index (χ2v) is 3.15. The molecule has 0 fully saturated rings. The molecular formula is C12H9NO3. The summed E-state index contributed by atoms with van der Waals surface area (Å²) in [5.74, 6) is -1.08. The predicted octanol–water partition coefficient (Wildman–Crippen LogP) is 1.78. The maximum absolute atomic E-state index is 10.7. The van der Waals surface area contributed by atoms with Crippen LogP contribution >= 0.6 is 0 Å². The van der Waals surface area contributed by atoms with Crippen LogP contribution < -0.4 is 0 Å². The minimum absolute atomic E-state index is 0.321. The summed E-state index contributed by atoms with van der Waals surface area (Å²) in [6, 6.07) is 5.07. The van der Waals surface area contributed by atoms with Crippen LogP contribution in [0.5, 0.6) is 0 Å². The first-order valence-corrected chi connectivity index (χ1v) is 4.50. The lowest BCUT2D eigenvalue weighted by Crippen LogP contribution is -1.95. The van der Waals surface area contributed by atoms with Crippen LogP contribution in [0.15, 0.2) is 18.2 Å². The molecule has 0 saturated carbocycles. The molecule has 0 atom stereocenters. The van der Waals surface area contributed by atoms with Crippen molar-refractivity contribution in [2.24, 2.45) is 0 Å². The van der Waals surface area contributed by atoms with E-state index in [1.54, 1.807) is 19.1 Å². The Labute approximate surface area is 92.4 Å². The monoisotopic (exact) mass is 215 g/mol. The Morgan fingerprint density at radius 3 is 2.56 bits per heavy atom. The third-order valence-electron chi connectivity index (χ3n) is 2.18. The van der Waals surface area contributed by atoms with Crippen LogP contribution in [0.3, 0.4) is 0 Å². The molecule has 0 saturated heterocycles. The van der Waals surface area contributed by atoms with Gasteiger partial charge in [0.25, 0.3) is 0 Å². The van der Waals surface area contributed by atoms with Crippen LogP contribution in [-0.2, 0) is 4.79 Å². The van der Waals surface area contributed by atoms with E-state index in [1.165, 1.54) is 6.08 Å². The van der Waals surface area contributed by atoms with Crippen LogP contribution in [0.1, 0.15) is 27.0 Å². The molecule has 0 heterocycles. The molecule has 1 aromatic carbocycles. The topological polar surface area (TPSA) is 78.2 Å². The van der Waals surface area contributed by atoms with Crippen molar-refractivity contribution >= 4 is 18.3 Å². The Bertz CT molecular complexity index is 510. The maximum Gasteiger partial charge on any atom is 0.328 e. The van der Waals surface area contributed by atoms with Crippen LogP contribution in [-0.4, -0.2) is 17.4 Å². The van der Waals surface area contributed by atoms with Gasteiger partial charge in [-0.1, -0.05) is 12.1 Å². The smallest absolute Gasteiger partial charge is 0.328 e. The zero-order valence-electron chi connectivity index (χ0n) is 8.60. The van der Waals surface area contributed by atoms with Crippen molar-refractivity contribution in [3.8, 4) is 6.07 Å². The molecular weight excluding hydrogens is 206 g/mol. The molecule has 0 spiro atoms. The standard InChI is InChI=1S/C12H9NO3/c1-8-10(7-14)3-2-9(11(8)6-13)4-5-12(15)16/h2-5,7H,1H3,(H,15,16)/b5-4+. The second kappa shape index (κ2) is 4.89. The van der Waals surface area contributed by atoms with Gasteiger partial charge in [0.1, 0.15) is 12.4 Å². The number of carbonyl (C=O) groups excluding carboxylic acids is 1. The highest BCUT2D eigenvalue weighted by molar-refractivity contribution is 5.87. The number of carbonyl (C=O) groups is 2. The number of hydrogen-bond donors (Lipinski definition) is 1. The maximum atomic E-state index is 10.7. The van der Waals surface area contributed by atoms with Gasteiger partial charge in [0.15, 0.2) is 0 Å². The van der Waals surface area contributed by atoms with E-state index in [0.29, 0.717) is 28.5 Å². The minimum atomic E-state index is -1.08. The number of benzene rings is 1. The van der Waals surface area contributed by atoms with Gasteiger partial charge in [-0.05, 0) is 24.1 Å². The number of carboxylic acids is 1. The number of hydrogen-bond acceptors (Lipinski definition) is 3. The largest absolute Gasteiger partial charge is 0.478 e. The Balaban J connectivity index is 3.33. The summed E-state index contributed by atoms with van der Waals surface area (Å²) in [6.45, 7) is 1.65. The summed E-state index contributed by atoms with van der Waals surface area (Å²) < 4.78 is 0. The van der Waals surface area contributed by atoms with E-state index in [0.717, 1.165) is 6.08 Å². The zero-order chi connectivity index (χ0) is 12.1. The first-order valence-electron chi connectivity index (χ1n) is 4.50. The number of carboxylic acid groups (broad SMARTS) is 1. The molecule has 0 aliphatic carbocycles. The van der Waals surface area contributed by atoms with Crippen molar-refractivity contribution in [2.75, 3.05) is 0 Å². The van der Waals surface area contributed by atoms with E-state index in [9.17, 15) is 9.59 Å².